The number of hydrogen-bond donors (Lipinski definition) is 1. The minimum Gasteiger partial charge on any atom is -0.329 e. The molecule has 2 fully saturated rings. The Morgan fingerprint density at radius 2 is 2.00 bits per heavy atom. The van der Waals surface area contributed by atoms with Crippen LogP contribution < -0.4 is 5.73 Å². The summed E-state index contributed by atoms with van der Waals surface area (Å²) in [5, 5.41) is -0.167. The molecule has 1 heterocycles. The highest BCUT2D eigenvalue weighted by Crippen LogP contribution is 2.35. The molecule has 1 saturated carbocycles. The van der Waals surface area contributed by atoms with E-state index in [0.29, 0.717) is 12.6 Å². The van der Waals surface area contributed by atoms with Gasteiger partial charge in [-0.3, -0.25) is 4.90 Å². The molecule has 0 radical (unpaired) electrons. The van der Waals surface area contributed by atoms with Gasteiger partial charge in [-0.1, -0.05) is 19.8 Å². The quantitative estimate of drug-likeness (QED) is 0.849. The van der Waals surface area contributed by atoms with Crippen LogP contribution in [0.3, 0.4) is 0 Å². The van der Waals surface area contributed by atoms with Gasteiger partial charge in [0.1, 0.15) is 0 Å². The first kappa shape index (κ1) is 15.3. The van der Waals surface area contributed by atoms with E-state index >= 15 is 0 Å². The van der Waals surface area contributed by atoms with Crippen molar-refractivity contribution in [2.75, 3.05) is 19.3 Å². The summed E-state index contributed by atoms with van der Waals surface area (Å²) >= 11 is 0. The van der Waals surface area contributed by atoms with Gasteiger partial charge in [0.2, 0.25) is 0 Å². The Balaban J connectivity index is 2.11. The SMILES string of the molecule is CCC1CCN(C2CCCC2S(C)(=O)=O)C(CN)C1. The highest BCUT2D eigenvalue weighted by Gasteiger charge is 2.42. The van der Waals surface area contributed by atoms with Crippen molar-refractivity contribution in [2.24, 2.45) is 11.7 Å². The lowest BCUT2D eigenvalue weighted by molar-refractivity contribution is 0.0738. The fourth-order valence-electron chi connectivity index (χ4n) is 3.98. The second-order valence-electron chi connectivity index (χ2n) is 6.29. The molecule has 4 nitrogen and oxygen atoms in total. The van der Waals surface area contributed by atoms with Crippen molar-refractivity contribution in [2.45, 2.75) is 62.8 Å². The molecule has 112 valence electrons. The summed E-state index contributed by atoms with van der Waals surface area (Å²) in [6.45, 7) is 3.92. The van der Waals surface area contributed by atoms with Gasteiger partial charge in [-0.2, -0.15) is 0 Å². The zero-order valence-electron chi connectivity index (χ0n) is 12.2. The minimum atomic E-state index is -2.93. The third kappa shape index (κ3) is 3.31. The molecule has 2 N–H and O–H groups in total. The maximum atomic E-state index is 11.9. The van der Waals surface area contributed by atoms with Crippen LogP contribution in [-0.4, -0.2) is 50.0 Å². The van der Waals surface area contributed by atoms with E-state index in [1.807, 2.05) is 0 Å². The summed E-state index contributed by atoms with van der Waals surface area (Å²) in [7, 11) is -2.93. The monoisotopic (exact) mass is 288 g/mol. The molecule has 1 aliphatic heterocycles. The molecule has 0 amide bonds. The van der Waals surface area contributed by atoms with Gasteiger partial charge in [-0.05, 0) is 38.1 Å². The molecule has 5 heteroatoms. The number of nitrogens with two attached hydrogens (primary N) is 1. The lowest BCUT2D eigenvalue weighted by atomic mass is 9.87. The number of rotatable bonds is 4. The molecule has 0 aromatic carbocycles. The fraction of sp³-hybridized carbons (Fsp3) is 1.00. The lowest BCUT2D eigenvalue weighted by Crippen LogP contribution is -2.54. The Kier molecular flexibility index (Phi) is 4.90. The van der Waals surface area contributed by atoms with Crippen molar-refractivity contribution in [3.8, 4) is 0 Å². The van der Waals surface area contributed by atoms with Crippen molar-refractivity contribution >= 4 is 9.84 Å². The Morgan fingerprint density at radius 3 is 2.58 bits per heavy atom. The van der Waals surface area contributed by atoms with E-state index in [9.17, 15) is 8.42 Å². The predicted octanol–water partition coefficient (Wildman–Crippen LogP) is 1.40. The van der Waals surface area contributed by atoms with Crippen LogP contribution in [0.2, 0.25) is 0 Å². The topological polar surface area (TPSA) is 63.4 Å². The van der Waals surface area contributed by atoms with Crippen LogP contribution in [-0.2, 0) is 9.84 Å². The molecule has 0 bridgehead atoms. The summed E-state index contributed by atoms with van der Waals surface area (Å²) < 4.78 is 23.9. The Labute approximate surface area is 117 Å². The summed E-state index contributed by atoms with van der Waals surface area (Å²) in [6.07, 6.45) is 7.82. The molecule has 0 aromatic heterocycles. The number of likely N-dealkylation sites (tertiary alicyclic amines) is 1. The predicted molar refractivity (Wildman–Crippen MR) is 78.8 cm³/mol. The van der Waals surface area contributed by atoms with Crippen LogP contribution in [0.25, 0.3) is 0 Å². The van der Waals surface area contributed by atoms with E-state index in [2.05, 4.69) is 11.8 Å². The summed E-state index contributed by atoms with van der Waals surface area (Å²) in [5.41, 5.74) is 5.94. The third-order valence-corrected chi connectivity index (χ3v) is 6.76. The third-order valence-electron chi connectivity index (χ3n) is 5.11. The Hall–Kier alpha value is -0.130. The van der Waals surface area contributed by atoms with Gasteiger partial charge < -0.3 is 5.73 Å². The van der Waals surface area contributed by atoms with Crippen molar-refractivity contribution < 1.29 is 8.42 Å². The number of sulfone groups is 1. The maximum Gasteiger partial charge on any atom is 0.151 e. The molecule has 4 unspecified atom stereocenters. The van der Waals surface area contributed by atoms with Gasteiger partial charge in [0.05, 0.1) is 5.25 Å². The van der Waals surface area contributed by atoms with Gasteiger partial charge in [0.25, 0.3) is 0 Å². The highest BCUT2D eigenvalue weighted by atomic mass is 32.2. The zero-order chi connectivity index (χ0) is 14.0. The molecule has 2 aliphatic rings. The van der Waals surface area contributed by atoms with Gasteiger partial charge in [-0.25, -0.2) is 8.42 Å². The molecule has 19 heavy (non-hydrogen) atoms. The van der Waals surface area contributed by atoms with E-state index < -0.39 is 9.84 Å². The molecular formula is C14H28N2O2S. The summed E-state index contributed by atoms with van der Waals surface area (Å²) in [4.78, 5) is 2.42. The van der Waals surface area contributed by atoms with Crippen LogP contribution in [0.1, 0.15) is 45.4 Å². The van der Waals surface area contributed by atoms with Crippen molar-refractivity contribution in [3.05, 3.63) is 0 Å². The Bertz CT molecular complexity index is 396. The first-order valence-electron chi connectivity index (χ1n) is 7.62. The van der Waals surface area contributed by atoms with E-state index in [-0.39, 0.29) is 11.3 Å². The first-order chi connectivity index (χ1) is 8.97. The minimum absolute atomic E-state index is 0.167. The molecule has 4 atom stereocenters. The van der Waals surface area contributed by atoms with E-state index in [0.717, 1.165) is 38.1 Å². The molecular weight excluding hydrogens is 260 g/mol. The van der Waals surface area contributed by atoms with Gasteiger partial charge in [-0.15, -0.1) is 0 Å². The van der Waals surface area contributed by atoms with Gasteiger partial charge in [0, 0.05) is 24.9 Å². The maximum absolute atomic E-state index is 11.9. The van der Waals surface area contributed by atoms with E-state index in [4.69, 9.17) is 5.73 Å². The van der Waals surface area contributed by atoms with E-state index in [1.165, 1.54) is 19.1 Å². The summed E-state index contributed by atoms with van der Waals surface area (Å²) in [6, 6.07) is 0.590. The normalized spacial score (nSPS) is 37.6. The van der Waals surface area contributed by atoms with Crippen LogP contribution in [0, 0.1) is 5.92 Å². The first-order valence-corrected chi connectivity index (χ1v) is 9.57. The van der Waals surface area contributed by atoms with Crippen LogP contribution in [0.4, 0.5) is 0 Å². The lowest BCUT2D eigenvalue weighted by Gasteiger charge is -2.43. The second-order valence-corrected chi connectivity index (χ2v) is 8.56. The second kappa shape index (κ2) is 6.10. The molecule has 0 aromatic rings. The van der Waals surface area contributed by atoms with Gasteiger partial charge in [0.15, 0.2) is 9.84 Å². The number of nitrogens with zero attached hydrogens (tertiary/aromatic N) is 1. The molecule has 1 saturated heterocycles. The summed E-state index contributed by atoms with van der Waals surface area (Å²) in [5.74, 6) is 0.767. The smallest absolute Gasteiger partial charge is 0.151 e. The largest absolute Gasteiger partial charge is 0.329 e. The van der Waals surface area contributed by atoms with Crippen molar-refractivity contribution in [3.63, 3.8) is 0 Å². The molecule has 1 aliphatic carbocycles. The van der Waals surface area contributed by atoms with Crippen molar-refractivity contribution in [1.82, 2.24) is 4.90 Å². The Morgan fingerprint density at radius 1 is 1.26 bits per heavy atom. The van der Waals surface area contributed by atoms with Crippen molar-refractivity contribution in [1.29, 1.82) is 0 Å². The van der Waals surface area contributed by atoms with Crippen LogP contribution in [0.15, 0.2) is 0 Å². The van der Waals surface area contributed by atoms with Crippen LogP contribution >= 0.6 is 0 Å². The van der Waals surface area contributed by atoms with Gasteiger partial charge >= 0.3 is 0 Å². The standard InChI is InChI=1S/C14H28N2O2S/c1-3-11-7-8-16(12(9-11)10-15)13-5-4-6-14(13)19(2,17)18/h11-14H,3-10,15H2,1-2H3. The fourth-order valence-corrected chi connectivity index (χ4v) is 5.43. The number of piperidine rings is 1. The van der Waals surface area contributed by atoms with Crippen LogP contribution in [0.5, 0.6) is 0 Å². The molecule has 2 rings (SSSR count). The molecule has 0 spiro atoms. The number of hydrogen-bond acceptors (Lipinski definition) is 4. The average molecular weight is 288 g/mol. The van der Waals surface area contributed by atoms with E-state index in [1.54, 1.807) is 0 Å². The highest BCUT2D eigenvalue weighted by molar-refractivity contribution is 7.91. The average Bonchev–Trinajstić information content (AvgIpc) is 2.86. The zero-order valence-corrected chi connectivity index (χ0v) is 13.0.